The summed E-state index contributed by atoms with van der Waals surface area (Å²) >= 11 is 0. The summed E-state index contributed by atoms with van der Waals surface area (Å²) in [5.74, 6) is -0.561. The van der Waals surface area contributed by atoms with Crippen molar-refractivity contribution in [1.29, 1.82) is 0 Å². The highest BCUT2D eigenvalue weighted by Crippen LogP contribution is 2.23. The predicted octanol–water partition coefficient (Wildman–Crippen LogP) is 3.48. The molecule has 0 unspecified atom stereocenters. The molecule has 2 rings (SSSR count). The van der Waals surface area contributed by atoms with Gasteiger partial charge in [-0.15, -0.1) is 0 Å². The maximum absolute atomic E-state index is 13.0. The van der Waals surface area contributed by atoms with E-state index in [1.54, 1.807) is 30.5 Å². The molecule has 1 aromatic heterocycles. The van der Waals surface area contributed by atoms with Gasteiger partial charge in [-0.05, 0) is 55.0 Å². The van der Waals surface area contributed by atoms with Crippen LogP contribution >= 0.6 is 0 Å². The summed E-state index contributed by atoms with van der Waals surface area (Å²) in [5.41, 5.74) is 1.55. The first-order chi connectivity index (χ1) is 10.1. The summed E-state index contributed by atoms with van der Waals surface area (Å²) in [4.78, 5) is 16.7. The Morgan fingerprint density at radius 2 is 2.00 bits per heavy atom. The number of benzene rings is 1. The molecule has 5 heteroatoms. The minimum absolute atomic E-state index is 0.281. The second kappa shape index (κ2) is 6.65. The van der Waals surface area contributed by atoms with Crippen molar-refractivity contribution in [2.24, 2.45) is 0 Å². The smallest absolute Gasteiger partial charge is 0.328 e. The largest absolute Gasteiger partial charge is 0.478 e. The monoisotopic (exact) mass is 286 g/mol. The Hall–Kier alpha value is -2.69. The van der Waals surface area contributed by atoms with Crippen LogP contribution < -0.4 is 4.90 Å². The third-order valence-electron chi connectivity index (χ3n) is 2.92. The average molecular weight is 286 g/mol. The van der Waals surface area contributed by atoms with Crippen LogP contribution in [0, 0.1) is 5.82 Å². The normalized spacial score (nSPS) is 10.8. The van der Waals surface area contributed by atoms with Crippen LogP contribution in [0.5, 0.6) is 0 Å². The summed E-state index contributed by atoms with van der Waals surface area (Å²) in [5, 5.41) is 8.58. The number of rotatable bonds is 5. The van der Waals surface area contributed by atoms with Crippen LogP contribution in [-0.4, -0.2) is 22.6 Å². The maximum atomic E-state index is 13.0. The number of carboxylic acid groups (broad SMARTS) is 1. The van der Waals surface area contributed by atoms with Gasteiger partial charge in [0.05, 0.1) is 0 Å². The number of halogens is 1. The highest BCUT2D eigenvalue weighted by atomic mass is 19.1. The van der Waals surface area contributed by atoms with E-state index in [9.17, 15) is 9.18 Å². The zero-order valence-electron chi connectivity index (χ0n) is 11.5. The zero-order valence-corrected chi connectivity index (χ0v) is 11.5. The molecular weight excluding hydrogens is 271 g/mol. The molecule has 0 aliphatic carbocycles. The fourth-order valence-corrected chi connectivity index (χ4v) is 1.92. The van der Waals surface area contributed by atoms with Crippen molar-refractivity contribution in [3.8, 4) is 0 Å². The number of anilines is 2. The van der Waals surface area contributed by atoms with E-state index in [0.29, 0.717) is 12.1 Å². The number of hydrogen-bond donors (Lipinski definition) is 1. The van der Waals surface area contributed by atoms with Crippen LogP contribution in [0.15, 0.2) is 48.7 Å². The standard InChI is InChI=1S/C16H15FN2O2/c1-2-19(14-7-5-13(17)6-8-14)15-9-3-12(11-18-15)4-10-16(20)21/h3-11H,2H2,1H3,(H,20,21)/b10-4+. The molecule has 0 spiro atoms. The molecular formula is C16H15FN2O2. The average Bonchev–Trinajstić information content (AvgIpc) is 2.49. The van der Waals surface area contributed by atoms with E-state index in [0.717, 1.165) is 17.6 Å². The summed E-state index contributed by atoms with van der Waals surface area (Å²) in [6.07, 6.45) is 4.14. The van der Waals surface area contributed by atoms with Gasteiger partial charge in [-0.25, -0.2) is 14.2 Å². The van der Waals surface area contributed by atoms with E-state index < -0.39 is 5.97 Å². The zero-order chi connectivity index (χ0) is 15.2. The number of carboxylic acids is 1. The second-order valence-electron chi connectivity index (χ2n) is 4.34. The molecule has 108 valence electrons. The van der Waals surface area contributed by atoms with Crippen LogP contribution in [0.3, 0.4) is 0 Å². The predicted molar refractivity (Wildman–Crippen MR) is 80.0 cm³/mol. The Labute approximate surface area is 122 Å². The lowest BCUT2D eigenvalue weighted by Gasteiger charge is -2.22. The molecule has 1 heterocycles. The Bertz CT molecular complexity index is 636. The van der Waals surface area contributed by atoms with E-state index in [2.05, 4.69) is 4.98 Å². The lowest BCUT2D eigenvalue weighted by Crippen LogP contribution is -2.17. The molecule has 1 aromatic carbocycles. The van der Waals surface area contributed by atoms with Crippen LogP contribution in [0.2, 0.25) is 0 Å². The van der Waals surface area contributed by atoms with Crippen molar-refractivity contribution in [3.63, 3.8) is 0 Å². The molecule has 21 heavy (non-hydrogen) atoms. The molecule has 1 N–H and O–H groups in total. The van der Waals surface area contributed by atoms with Gasteiger partial charge >= 0.3 is 5.97 Å². The van der Waals surface area contributed by atoms with Crippen LogP contribution in [0.4, 0.5) is 15.9 Å². The third-order valence-corrected chi connectivity index (χ3v) is 2.92. The van der Waals surface area contributed by atoms with Gasteiger partial charge in [-0.1, -0.05) is 0 Å². The van der Waals surface area contributed by atoms with E-state index in [4.69, 9.17) is 5.11 Å². The van der Waals surface area contributed by atoms with Gasteiger partial charge in [0.2, 0.25) is 0 Å². The second-order valence-corrected chi connectivity index (χ2v) is 4.34. The van der Waals surface area contributed by atoms with Crippen molar-refractivity contribution in [2.45, 2.75) is 6.92 Å². The number of aliphatic carboxylic acids is 1. The van der Waals surface area contributed by atoms with E-state index >= 15 is 0 Å². The first-order valence-electron chi connectivity index (χ1n) is 6.50. The maximum Gasteiger partial charge on any atom is 0.328 e. The fourth-order valence-electron chi connectivity index (χ4n) is 1.92. The molecule has 0 saturated carbocycles. The number of carbonyl (C=O) groups is 1. The van der Waals surface area contributed by atoms with Crippen LogP contribution in [0.1, 0.15) is 12.5 Å². The summed E-state index contributed by atoms with van der Waals surface area (Å²) in [6, 6.07) is 9.78. The highest BCUT2D eigenvalue weighted by molar-refractivity contribution is 5.85. The molecule has 0 atom stereocenters. The van der Waals surface area contributed by atoms with Crippen molar-refractivity contribution in [3.05, 3.63) is 60.1 Å². The molecule has 0 fully saturated rings. The van der Waals surface area contributed by atoms with Crippen molar-refractivity contribution in [1.82, 2.24) is 4.98 Å². The van der Waals surface area contributed by atoms with Crippen molar-refractivity contribution >= 4 is 23.6 Å². The molecule has 0 aliphatic heterocycles. The van der Waals surface area contributed by atoms with Gasteiger partial charge in [0.25, 0.3) is 0 Å². The number of hydrogen-bond acceptors (Lipinski definition) is 3. The molecule has 0 aliphatic rings. The van der Waals surface area contributed by atoms with Gasteiger partial charge in [0, 0.05) is 24.5 Å². The van der Waals surface area contributed by atoms with Gasteiger partial charge in [0.1, 0.15) is 11.6 Å². The molecule has 0 saturated heterocycles. The van der Waals surface area contributed by atoms with Gasteiger partial charge in [-0.3, -0.25) is 0 Å². The first-order valence-corrected chi connectivity index (χ1v) is 6.50. The summed E-state index contributed by atoms with van der Waals surface area (Å²) < 4.78 is 13.0. The Morgan fingerprint density at radius 1 is 1.29 bits per heavy atom. The lowest BCUT2D eigenvalue weighted by atomic mass is 10.2. The minimum Gasteiger partial charge on any atom is -0.478 e. The SMILES string of the molecule is CCN(c1ccc(F)cc1)c1ccc(/C=C/C(=O)O)cn1. The van der Waals surface area contributed by atoms with Crippen LogP contribution in [-0.2, 0) is 4.79 Å². The Morgan fingerprint density at radius 3 is 2.52 bits per heavy atom. The van der Waals surface area contributed by atoms with Gasteiger partial charge < -0.3 is 10.0 Å². The minimum atomic E-state index is -0.999. The van der Waals surface area contributed by atoms with Crippen molar-refractivity contribution in [2.75, 3.05) is 11.4 Å². The lowest BCUT2D eigenvalue weighted by molar-refractivity contribution is -0.131. The molecule has 0 amide bonds. The number of aromatic nitrogens is 1. The fraction of sp³-hybridized carbons (Fsp3) is 0.125. The van der Waals surface area contributed by atoms with E-state index in [-0.39, 0.29) is 5.82 Å². The molecule has 2 aromatic rings. The van der Waals surface area contributed by atoms with Crippen molar-refractivity contribution < 1.29 is 14.3 Å². The third kappa shape index (κ3) is 3.89. The molecule has 4 nitrogen and oxygen atoms in total. The van der Waals surface area contributed by atoms with E-state index in [1.165, 1.54) is 18.2 Å². The van der Waals surface area contributed by atoms with Gasteiger partial charge in [-0.2, -0.15) is 0 Å². The molecule has 0 bridgehead atoms. The Balaban J connectivity index is 2.23. The highest BCUT2D eigenvalue weighted by Gasteiger charge is 2.08. The number of nitrogens with zero attached hydrogens (tertiary/aromatic N) is 2. The number of pyridine rings is 1. The first kappa shape index (κ1) is 14.7. The van der Waals surface area contributed by atoms with Gasteiger partial charge in [0.15, 0.2) is 0 Å². The topological polar surface area (TPSA) is 53.4 Å². The van der Waals surface area contributed by atoms with Crippen LogP contribution in [0.25, 0.3) is 6.08 Å². The summed E-state index contributed by atoms with van der Waals surface area (Å²) in [7, 11) is 0. The molecule has 0 radical (unpaired) electrons. The summed E-state index contributed by atoms with van der Waals surface area (Å²) in [6.45, 7) is 2.66. The quantitative estimate of drug-likeness (QED) is 0.855. The Kier molecular flexibility index (Phi) is 4.66. The van der Waals surface area contributed by atoms with E-state index in [1.807, 2.05) is 11.8 Å².